The Bertz CT molecular complexity index is 1060. The molecule has 0 heterocycles. The molecule has 0 spiro atoms. The molecule has 3 nitrogen and oxygen atoms in total. The van der Waals surface area contributed by atoms with E-state index in [1.54, 1.807) is 0 Å². The van der Waals surface area contributed by atoms with Crippen molar-refractivity contribution in [1.29, 1.82) is 0 Å². The van der Waals surface area contributed by atoms with Crippen molar-refractivity contribution in [3.63, 3.8) is 0 Å². The molecule has 0 atom stereocenters. The van der Waals surface area contributed by atoms with Gasteiger partial charge in [-0.1, -0.05) is 35.4 Å². The minimum atomic E-state index is -1.77. The Balaban J connectivity index is 2.18. The van der Waals surface area contributed by atoms with Gasteiger partial charge in [-0.2, -0.15) is 0 Å². The van der Waals surface area contributed by atoms with Crippen molar-refractivity contribution in [2.45, 2.75) is 48.5 Å². The van der Waals surface area contributed by atoms with E-state index < -0.39 is 7.92 Å². The Kier molecular flexibility index (Phi) is 7.31. The molecule has 0 aliphatic carbocycles. The summed E-state index contributed by atoms with van der Waals surface area (Å²) in [7, 11) is -1.77. The summed E-state index contributed by atoms with van der Waals surface area (Å²) in [4.78, 5) is 28.0. The fraction of sp³-hybridized carbons (Fsp3) is 0.286. The van der Waals surface area contributed by atoms with Crippen LogP contribution in [0, 0.1) is 41.5 Å². The average molecular weight is 447 g/mol. The Labute approximate surface area is 192 Å². The third kappa shape index (κ3) is 4.84. The van der Waals surface area contributed by atoms with Crippen LogP contribution in [0.4, 0.5) is 0 Å². The molecule has 3 aromatic carbocycles. The van der Waals surface area contributed by atoms with E-state index in [0.717, 1.165) is 44.4 Å². The number of hydrogen-bond donors (Lipinski definition) is 0. The van der Waals surface area contributed by atoms with E-state index in [0.29, 0.717) is 17.7 Å². The maximum atomic E-state index is 14.0. The van der Waals surface area contributed by atoms with Gasteiger partial charge in [0, 0.05) is 11.1 Å². The summed E-state index contributed by atoms with van der Waals surface area (Å²) in [6.07, 6.45) is 0. The van der Waals surface area contributed by atoms with Gasteiger partial charge in [0.25, 0.3) is 0 Å². The third-order valence-electron chi connectivity index (χ3n) is 5.59. The zero-order valence-corrected chi connectivity index (χ0v) is 20.9. The highest BCUT2D eigenvalue weighted by Crippen LogP contribution is 2.45. The highest BCUT2D eigenvalue weighted by molar-refractivity contribution is 7.96. The summed E-state index contributed by atoms with van der Waals surface area (Å²) in [5.74, 6) is 0.733. The fourth-order valence-electron chi connectivity index (χ4n) is 4.44. The Hall–Kier alpha value is -2.77. The van der Waals surface area contributed by atoms with Gasteiger partial charge < -0.3 is 4.74 Å². The number of ether oxygens (including phenoxy) is 1. The molecule has 0 aliphatic rings. The molecule has 0 aromatic heterocycles. The first kappa shape index (κ1) is 23.9. The van der Waals surface area contributed by atoms with Crippen molar-refractivity contribution in [2.24, 2.45) is 0 Å². The van der Waals surface area contributed by atoms with E-state index >= 15 is 0 Å². The lowest BCUT2D eigenvalue weighted by Crippen LogP contribution is -2.19. The van der Waals surface area contributed by atoms with Crippen molar-refractivity contribution < 1.29 is 14.3 Å². The van der Waals surface area contributed by atoms with Crippen LogP contribution < -0.4 is 10.0 Å². The molecule has 166 valence electrons. The molecule has 0 radical (unpaired) electrons. The fourth-order valence-corrected chi connectivity index (χ4v) is 6.70. The standard InChI is InChI=1S/C28H31O3P/c1-8-31-23-9-11-24(12-10-23)32(27(29)25-19(4)13-17(2)14-20(25)5)28(30)26-21(6)15-18(3)16-22(26)7/h9-16H,8H2,1-7H3. The maximum Gasteiger partial charge on any atom is 0.197 e. The SMILES string of the molecule is CCOc1ccc(P(C(=O)c2c(C)cc(C)cc2C)C(=O)c2c(C)cc(C)cc2C)cc1. The minimum Gasteiger partial charge on any atom is -0.494 e. The molecule has 0 aliphatic heterocycles. The van der Waals surface area contributed by atoms with Gasteiger partial charge in [0.2, 0.25) is 0 Å². The van der Waals surface area contributed by atoms with Gasteiger partial charge in [0.1, 0.15) is 5.75 Å². The Morgan fingerprint density at radius 1 is 0.688 bits per heavy atom. The van der Waals surface area contributed by atoms with Crippen LogP contribution in [0.2, 0.25) is 0 Å². The molecule has 0 unspecified atom stereocenters. The first-order chi connectivity index (χ1) is 15.1. The van der Waals surface area contributed by atoms with Gasteiger partial charge in [0.15, 0.2) is 11.0 Å². The van der Waals surface area contributed by atoms with Gasteiger partial charge in [-0.05, 0) is 100 Å². The number of rotatable bonds is 7. The lowest BCUT2D eigenvalue weighted by Gasteiger charge is -2.21. The summed E-state index contributed by atoms with van der Waals surface area (Å²) in [5, 5.41) is 0.747. The van der Waals surface area contributed by atoms with Gasteiger partial charge in [0.05, 0.1) is 14.5 Å². The molecule has 3 aromatic rings. The van der Waals surface area contributed by atoms with Crippen LogP contribution in [-0.4, -0.2) is 17.7 Å². The second-order valence-electron chi connectivity index (χ2n) is 8.42. The first-order valence-electron chi connectivity index (χ1n) is 10.9. The lowest BCUT2D eigenvalue weighted by atomic mass is 10.0. The zero-order valence-electron chi connectivity index (χ0n) is 20.0. The molecule has 0 N–H and O–H groups in total. The molecule has 32 heavy (non-hydrogen) atoms. The van der Waals surface area contributed by atoms with Crippen LogP contribution in [0.5, 0.6) is 5.75 Å². The van der Waals surface area contributed by atoms with Gasteiger partial charge in [-0.15, -0.1) is 0 Å². The molecular weight excluding hydrogens is 415 g/mol. The van der Waals surface area contributed by atoms with Gasteiger partial charge >= 0.3 is 0 Å². The van der Waals surface area contributed by atoms with Crippen LogP contribution >= 0.6 is 7.92 Å². The van der Waals surface area contributed by atoms with Crippen molar-refractivity contribution in [3.8, 4) is 5.75 Å². The molecule has 0 bridgehead atoms. The van der Waals surface area contributed by atoms with E-state index in [9.17, 15) is 9.59 Å². The molecule has 3 rings (SSSR count). The Morgan fingerprint density at radius 3 is 1.41 bits per heavy atom. The van der Waals surface area contributed by atoms with E-state index in [2.05, 4.69) is 0 Å². The van der Waals surface area contributed by atoms with Crippen molar-refractivity contribution >= 4 is 24.3 Å². The minimum absolute atomic E-state index is 0.0939. The zero-order chi connectivity index (χ0) is 23.6. The van der Waals surface area contributed by atoms with E-state index in [1.165, 1.54) is 0 Å². The Morgan fingerprint density at radius 2 is 1.06 bits per heavy atom. The van der Waals surface area contributed by atoms with Crippen LogP contribution in [-0.2, 0) is 0 Å². The quantitative estimate of drug-likeness (QED) is 0.378. The maximum absolute atomic E-state index is 14.0. The monoisotopic (exact) mass is 446 g/mol. The highest BCUT2D eigenvalue weighted by atomic mass is 31.1. The smallest absolute Gasteiger partial charge is 0.197 e. The van der Waals surface area contributed by atoms with Crippen LogP contribution in [0.3, 0.4) is 0 Å². The lowest BCUT2D eigenvalue weighted by molar-refractivity contribution is 0.105. The second kappa shape index (κ2) is 9.79. The van der Waals surface area contributed by atoms with E-state index in [4.69, 9.17) is 4.74 Å². The molecule has 0 saturated carbocycles. The normalized spacial score (nSPS) is 11.0. The van der Waals surface area contributed by atoms with Crippen LogP contribution in [0.25, 0.3) is 0 Å². The third-order valence-corrected chi connectivity index (χ3v) is 7.67. The predicted octanol–water partition coefficient (Wildman–Crippen LogP) is 6.72. The van der Waals surface area contributed by atoms with Crippen molar-refractivity contribution in [3.05, 3.63) is 93.0 Å². The number of carbonyl (C=O) groups excluding carboxylic acids is 2. The molecule has 4 heteroatoms. The topological polar surface area (TPSA) is 43.4 Å². The van der Waals surface area contributed by atoms with Crippen LogP contribution in [0.15, 0.2) is 48.5 Å². The number of benzene rings is 3. The van der Waals surface area contributed by atoms with Crippen molar-refractivity contribution in [2.75, 3.05) is 6.61 Å². The molecule has 0 amide bonds. The summed E-state index contributed by atoms with van der Waals surface area (Å²) < 4.78 is 5.57. The highest BCUT2D eigenvalue weighted by Gasteiger charge is 2.33. The van der Waals surface area contributed by atoms with Gasteiger partial charge in [-0.3, -0.25) is 9.59 Å². The van der Waals surface area contributed by atoms with Gasteiger partial charge in [-0.25, -0.2) is 0 Å². The summed E-state index contributed by atoms with van der Waals surface area (Å²) in [6, 6.07) is 15.5. The molecule has 0 fully saturated rings. The number of carbonyl (C=O) groups is 2. The first-order valence-corrected chi connectivity index (χ1v) is 12.3. The molecule has 0 saturated heterocycles. The predicted molar refractivity (Wildman–Crippen MR) is 134 cm³/mol. The second-order valence-corrected chi connectivity index (χ2v) is 10.4. The summed E-state index contributed by atoms with van der Waals surface area (Å²) >= 11 is 0. The van der Waals surface area contributed by atoms with Crippen molar-refractivity contribution in [1.82, 2.24) is 0 Å². The summed E-state index contributed by atoms with van der Waals surface area (Å²) in [5.41, 5.74) is 7.00. The molecular formula is C28H31O3P. The number of aryl methyl sites for hydroxylation is 6. The average Bonchev–Trinajstić information content (AvgIpc) is 2.68. The largest absolute Gasteiger partial charge is 0.494 e. The number of hydrogen-bond acceptors (Lipinski definition) is 3. The van der Waals surface area contributed by atoms with E-state index in [1.807, 2.05) is 97.0 Å². The van der Waals surface area contributed by atoms with Crippen LogP contribution in [0.1, 0.15) is 61.0 Å². The van der Waals surface area contributed by atoms with E-state index in [-0.39, 0.29) is 11.0 Å². The summed E-state index contributed by atoms with van der Waals surface area (Å²) in [6.45, 7) is 14.3.